The zero-order chi connectivity index (χ0) is 13.7. The molecule has 1 aromatic heterocycles. The molecule has 1 aromatic carbocycles. The highest BCUT2D eigenvalue weighted by Gasteiger charge is 2.15. The minimum atomic E-state index is 0.140. The van der Waals surface area contributed by atoms with E-state index in [1.54, 1.807) is 19.6 Å². The topological polar surface area (TPSA) is 34.4 Å². The second-order valence-electron chi connectivity index (χ2n) is 4.34. The smallest absolute Gasteiger partial charge is 0.133 e. The Bertz CT molecular complexity index is 511. The van der Waals surface area contributed by atoms with Gasteiger partial charge in [0.1, 0.15) is 5.75 Å². The Labute approximate surface area is 122 Å². The van der Waals surface area contributed by atoms with E-state index in [1.807, 2.05) is 12.1 Å². The van der Waals surface area contributed by atoms with Gasteiger partial charge in [-0.3, -0.25) is 0 Å². The summed E-state index contributed by atoms with van der Waals surface area (Å²) in [7, 11) is 1.67. The van der Waals surface area contributed by atoms with Crippen molar-refractivity contribution in [1.29, 1.82) is 0 Å². The molecule has 4 heteroatoms. The predicted molar refractivity (Wildman–Crippen MR) is 79.5 cm³/mol. The molecule has 0 aliphatic rings. The number of nitrogens with one attached hydrogen (secondary N) is 1. The average Bonchev–Trinajstić information content (AvgIpc) is 2.93. The van der Waals surface area contributed by atoms with Gasteiger partial charge in [0.2, 0.25) is 0 Å². The standard InChI is InChI=1S/C15H18BrNO2/c1-3-7-17-15(12-6-8-19-10-12)11-4-5-14(18-2)13(16)9-11/h4-6,8-10,15,17H,3,7H2,1-2H3. The minimum absolute atomic E-state index is 0.140. The molecule has 1 N–H and O–H groups in total. The molecule has 1 heterocycles. The van der Waals surface area contributed by atoms with E-state index in [4.69, 9.17) is 9.15 Å². The van der Waals surface area contributed by atoms with E-state index < -0.39 is 0 Å². The summed E-state index contributed by atoms with van der Waals surface area (Å²) >= 11 is 3.53. The molecular weight excluding hydrogens is 306 g/mol. The molecule has 102 valence electrons. The van der Waals surface area contributed by atoms with Crippen molar-refractivity contribution in [2.45, 2.75) is 19.4 Å². The number of ether oxygens (including phenoxy) is 1. The van der Waals surface area contributed by atoms with Gasteiger partial charge in [-0.25, -0.2) is 0 Å². The second kappa shape index (κ2) is 6.78. The molecule has 2 rings (SSSR count). The number of halogens is 1. The van der Waals surface area contributed by atoms with Gasteiger partial charge in [0.25, 0.3) is 0 Å². The van der Waals surface area contributed by atoms with Gasteiger partial charge in [0.15, 0.2) is 0 Å². The summed E-state index contributed by atoms with van der Waals surface area (Å²) in [6, 6.07) is 8.26. The van der Waals surface area contributed by atoms with Gasteiger partial charge in [-0.2, -0.15) is 0 Å². The van der Waals surface area contributed by atoms with Crippen molar-refractivity contribution in [3.05, 3.63) is 52.4 Å². The Kier molecular flexibility index (Phi) is 5.05. The summed E-state index contributed by atoms with van der Waals surface area (Å²) < 4.78 is 11.4. The van der Waals surface area contributed by atoms with E-state index in [2.05, 4.69) is 40.3 Å². The van der Waals surface area contributed by atoms with Crippen molar-refractivity contribution in [3.63, 3.8) is 0 Å². The number of rotatable bonds is 6. The number of benzene rings is 1. The maximum absolute atomic E-state index is 5.27. The van der Waals surface area contributed by atoms with E-state index >= 15 is 0 Å². The van der Waals surface area contributed by atoms with Crippen LogP contribution in [0, 0.1) is 0 Å². The molecule has 3 nitrogen and oxygen atoms in total. The van der Waals surface area contributed by atoms with Crippen LogP contribution in [0.15, 0.2) is 45.7 Å². The van der Waals surface area contributed by atoms with Crippen molar-refractivity contribution >= 4 is 15.9 Å². The van der Waals surface area contributed by atoms with Gasteiger partial charge < -0.3 is 14.5 Å². The molecule has 1 atom stereocenters. The van der Waals surface area contributed by atoms with Crippen molar-refractivity contribution in [3.8, 4) is 5.75 Å². The number of methoxy groups -OCH3 is 1. The first-order chi connectivity index (χ1) is 9.26. The fourth-order valence-corrected chi connectivity index (χ4v) is 2.58. The largest absolute Gasteiger partial charge is 0.496 e. The Morgan fingerprint density at radius 1 is 1.32 bits per heavy atom. The van der Waals surface area contributed by atoms with E-state index in [0.29, 0.717) is 0 Å². The number of hydrogen-bond donors (Lipinski definition) is 1. The zero-order valence-corrected chi connectivity index (χ0v) is 12.7. The molecule has 0 aliphatic carbocycles. The molecule has 0 fully saturated rings. The summed E-state index contributed by atoms with van der Waals surface area (Å²) in [6.07, 6.45) is 4.58. The molecule has 19 heavy (non-hydrogen) atoms. The summed E-state index contributed by atoms with van der Waals surface area (Å²) in [4.78, 5) is 0. The zero-order valence-electron chi connectivity index (χ0n) is 11.2. The first-order valence-corrected chi connectivity index (χ1v) is 7.14. The third-order valence-electron chi connectivity index (χ3n) is 2.98. The number of hydrogen-bond acceptors (Lipinski definition) is 3. The summed E-state index contributed by atoms with van der Waals surface area (Å²) in [5.41, 5.74) is 2.31. The fraction of sp³-hybridized carbons (Fsp3) is 0.333. The molecule has 0 saturated heterocycles. The van der Waals surface area contributed by atoms with E-state index in [0.717, 1.165) is 28.8 Å². The molecule has 0 saturated carbocycles. The maximum Gasteiger partial charge on any atom is 0.133 e. The van der Waals surface area contributed by atoms with Gasteiger partial charge in [-0.05, 0) is 52.7 Å². The lowest BCUT2D eigenvalue weighted by atomic mass is 10.0. The van der Waals surface area contributed by atoms with Gasteiger partial charge in [-0.1, -0.05) is 13.0 Å². The van der Waals surface area contributed by atoms with Crippen LogP contribution in [0.5, 0.6) is 5.75 Å². The van der Waals surface area contributed by atoms with Crippen LogP contribution in [0.25, 0.3) is 0 Å². The lowest BCUT2D eigenvalue weighted by Gasteiger charge is -2.18. The van der Waals surface area contributed by atoms with E-state index in [-0.39, 0.29) is 6.04 Å². The van der Waals surface area contributed by atoms with Gasteiger partial charge >= 0.3 is 0 Å². The molecule has 0 bridgehead atoms. The normalized spacial score (nSPS) is 12.4. The Morgan fingerprint density at radius 3 is 2.74 bits per heavy atom. The van der Waals surface area contributed by atoms with Crippen LogP contribution in [0.4, 0.5) is 0 Å². The van der Waals surface area contributed by atoms with E-state index in [9.17, 15) is 0 Å². The summed E-state index contributed by atoms with van der Waals surface area (Å²) in [5, 5.41) is 3.53. The first kappa shape index (κ1) is 14.2. The number of furan rings is 1. The molecule has 1 unspecified atom stereocenters. The van der Waals surface area contributed by atoms with E-state index in [1.165, 1.54) is 5.56 Å². The molecule has 2 aromatic rings. The van der Waals surface area contributed by atoms with Crippen LogP contribution in [0.2, 0.25) is 0 Å². The third-order valence-corrected chi connectivity index (χ3v) is 3.60. The van der Waals surface area contributed by atoms with Crippen molar-refractivity contribution in [1.82, 2.24) is 5.32 Å². The van der Waals surface area contributed by atoms with Crippen LogP contribution in [0.3, 0.4) is 0 Å². The summed E-state index contributed by atoms with van der Waals surface area (Å²) in [5.74, 6) is 0.838. The highest BCUT2D eigenvalue weighted by atomic mass is 79.9. The van der Waals surface area contributed by atoms with Gasteiger partial charge in [0.05, 0.1) is 30.2 Å². The Morgan fingerprint density at radius 2 is 2.16 bits per heavy atom. The SMILES string of the molecule is CCCNC(c1ccoc1)c1ccc(OC)c(Br)c1. The fourth-order valence-electron chi connectivity index (χ4n) is 2.02. The quantitative estimate of drug-likeness (QED) is 0.867. The van der Waals surface area contributed by atoms with Crippen molar-refractivity contribution < 1.29 is 9.15 Å². The highest BCUT2D eigenvalue weighted by molar-refractivity contribution is 9.10. The van der Waals surface area contributed by atoms with Crippen LogP contribution in [0.1, 0.15) is 30.5 Å². The third kappa shape index (κ3) is 3.39. The van der Waals surface area contributed by atoms with Crippen LogP contribution >= 0.6 is 15.9 Å². The molecular formula is C15H18BrNO2. The molecule has 0 radical (unpaired) electrons. The van der Waals surface area contributed by atoms with Crippen LogP contribution in [-0.4, -0.2) is 13.7 Å². The molecule has 0 amide bonds. The molecule has 0 spiro atoms. The average molecular weight is 324 g/mol. The highest BCUT2D eigenvalue weighted by Crippen LogP contribution is 2.30. The lowest BCUT2D eigenvalue weighted by Crippen LogP contribution is -2.22. The Hall–Kier alpha value is -1.26. The predicted octanol–water partition coefficient (Wildman–Crippen LogP) is 4.14. The first-order valence-electron chi connectivity index (χ1n) is 6.35. The monoisotopic (exact) mass is 323 g/mol. The van der Waals surface area contributed by atoms with Crippen molar-refractivity contribution in [2.24, 2.45) is 0 Å². The van der Waals surface area contributed by atoms with Crippen LogP contribution in [-0.2, 0) is 0 Å². The molecule has 0 aliphatic heterocycles. The van der Waals surface area contributed by atoms with Crippen LogP contribution < -0.4 is 10.1 Å². The second-order valence-corrected chi connectivity index (χ2v) is 5.19. The minimum Gasteiger partial charge on any atom is -0.496 e. The summed E-state index contributed by atoms with van der Waals surface area (Å²) in [6.45, 7) is 3.11. The van der Waals surface area contributed by atoms with Gasteiger partial charge in [-0.15, -0.1) is 0 Å². The Balaban J connectivity index is 2.30. The van der Waals surface area contributed by atoms with Gasteiger partial charge in [0, 0.05) is 5.56 Å². The maximum atomic E-state index is 5.27. The van der Waals surface area contributed by atoms with Crippen molar-refractivity contribution in [2.75, 3.05) is 13.7 Å². The lowest BCUT2D eigenvalue weighted by molar-refractivity contribution is 0.411.